The standard InChI is InChI=1S/C49H30N2O3/c1-3-12-31(13-4-1)34-16-9-17-36(28-34)51(35-26-24-32(25-27-35)37-19-10-20-39-38-18-7-8-23-44(38)52-47(37)39)43-22-11-21-40-41-29-42-46(30-45(41)53-48(40)43)54-49(50-42)33-14-5-2-6-15-33/h1-30H. The van der Waals surface area contributed by atoms with Crippen molar-refractivity contribution in [3.8, 4) is 33.7 Å². The molecule has 0 spiro atoms. The molecule has 3 heterocycles. The molecular weight excluding hydrogens is 665 g/mol. The summed E-state index contributed by atoms with van der Waals surface area (Å²) in [7, 11) is 0. The Bertz CT molecular complexity index is 3160. The van der Waals surface area contributed by atoms with Crippen molar-refractivity contribution >= 4 is 72.0 Å². The lowest BCUT2D eigenvalue weighted by atomic mass is 10.0. The molecule has 0 radical (unpaired) electrons. The van der Waals surface area contributed by atoms with E-state index in [4.69, 9.17) is 18.2 Å². The fourth-order valence-electron chi connectivity index (χ4n) is 7.73. The Morgan fingerprint density at radius 3 is 1.87 bits per heavy atom. The number of fused-ring (bicyclic) bond motifs is 7. The Balaban J connectivity index is 1.07. The van der Waals surface area contributed by atoms with Gasteiger partial charge in [0.25, 0.3) is 0 Å². The molecule has 0 saturated carbocycles. The molecule has 0 bridgehead atoms. The van der Waals surface area contributed by atoms with Gasteiger partial charge in [-0.05, 0) is 71.3 Å². The van der Waals surface area contributed by atoms with E-state index in [-0.39, 0.29) is 0 Å². The van der Waals surface area contributed by atoms with Crippen LogP contribution in [0.2, 0.25) is 0 Å². The van der Waals surface area contributed by atoms with E-state index in [1.165, 1.54) is 0 Å². The first-order valence-electron chi connectivity index (χ1n) is 18.0. The van der Waals surface area contributed by atoms with Crippen LogP contribution in [-0.4, -0.2) is 4.98 Å². The topological polar surface area (TPSA) is 55.6 Å². The zero-order valence-corrected chi connectivity index (χ0v) is 28.9. The maximum atomic E-state index is 6.77. The molecule has 8 aromatic carbocycles. The van der Waals surface area contributed by atoms with Crippen molar-refractivity contribution in [1.29, 1.82) is 0 Å². The van der Waals surface area contributed by atoms with Crippen molar-refractivity contribution in [3.63, 3.8) is 0 Å². The Labute approximate surface area is 309 Å². The summed E-state index contributed by atoms with van der Waals surface area (Å²) >= 11 is 0. The molecule has 5 nitrogen and oxygen atoms in total. The molecular formula is C49H30N2O3. The molecule has 5 heteroatoms. The van der Waals surface area contributed by atoms with Gasteiger partial charge in [-0.25, -0.2) is 4.98 Å². The van der Waals surface area contributed by atoms with Gasteiger partial charge in [-0.2, -0.15) is 0 Å². The first-order valence-corrected chi connectivity index (χ1v) is 18.0. The molecule has 0 saturated heterocycles. The van der Waals surface area contributed by atoms with E-state index in [9.17, 15) is 0 Å². The first kappa shape index (κ1) is 30.3. The van der Waals surface area contributed by atoms with Crippen LogP contribution in [0, 0.1) is 0 Å². The molecule has 0 fully saturated rings. The monoisotopic (exact) mass is 694 g/mol. The summed E-state index contributed by atoms with van der Waals surface area (Å²) in [5.74, 6) is 0.590. The number of para-hydroxylation sites is 3. The maximum absolute atomic E-state index is 6.77. The summed E-state index contributed by atoms with van der Waals surface area (Å²) in [6, 6.07) is 62.7. The Morgan fingerprint density at radius 1 is 0.370 bits per heavy atom. The van der Waals surface area contributed by atoms with Gasteiger partial charge in [0.1, 0.15) is 22.3 Å². The zero-order valence-electron chi connectivity index (χ0n) is 28.9. The van der Waals surface area contributed by atoms with Crippen molar-refractivity contribution in [2.24, 2.45) is 0 Å². The normalized spacial score (nSPS) is 11.7. The molecule has 54 heavy (non-hydrogen) atoms. The van der Waals surface area contributed by atoms with Crippen LogP contribution in [0.1, 0.15) is 0 Å². The number of rotatable bonds is 6. The van der Waals surface area contributed by atoms with Gasteiger partial charge in [-0.3, -0.25) is 0 Å². The van der Waals surface area contributed by atoms with Gasteiger partial charge in [0, 0.05) is 50.1 Å². The van der Waals surface area contributed by atoms with Crippen LogP contribution in [0.15, 0.2) is 195 Å². The molecule has 11 aromatic rings. The fraction of sp³-hybridized carbons (Fsp3) is 0. The van der Waals surface area contributed by atoms with Crippen LogP contribution < -0.4 is 4.90 Å². The second-order valence-electron chi connectivity index (χ2n) is 13.5. The quantitative estimate of drug-likeness (QED) is 0.173. The molecule has 3 aromatic heterocycles. The predicted octanol–water partition coefficient (Wildman–Crippen LogP) is 14.1. The van der Waals surface area contributed by atoms with Crippen LogP contribution in [-0.2, 0) is 0 Å². The van der Waals surface area contributed by atoms with Gasteiger partial charge in [0.2, 0.25) is 5.89 Å². The summed E-state index contributed by atoms with van der Waals surface area (Å²) in [6.07, 6.45) is 0. The minimum Gasteiger partial charge on any atom is -0.455 e. The molecule has 0 atom stereocenters. The van der Waals surface area contributed by atoms with Crippen molar-refractivity contribution in [2.75, 3.05) is 4.90 Å². The highest BCUT2D eigenvalue weighted by atomic mass is 16.4. The van der Waals surface area contributed by atoms with Gasteiger partial charge in [-0.15, -0.1) is 0 Å². The highest BCUT2D eigenvalue weighted by Crippen LogP contribution is 2.45. The molecule has 0 unspecified atom stereocenters. The molecule has 11 rings (SSSR count). The molecule has 0 amide bonds. The number of nitrogens with zero attached hydrogens (tertiary/aromatic N) is 2. The van der Waals surface area contributed by atoms with Crippen LogP contribution in [0.4, 0.5) is 17.1 Å². The molecule has 254 valence electrons. The van der Waals surface area contributed by atoms with Gasteiger partial charge in [-0.1, -0.05) is 121 Å². The van der Waals surface area contributed by atoms with Crippen molar-refractivity contribution in [1.82, 2.24) is 4.98 Å². The van der Waals surface area contributed by atoms with Gasteiger partial charge in [0.15, 0.2) is 11.2 Å². The predicted molar refractivity (Wildman–Crippen MR) is 220 cm³/mol. The van der Waals surface area contributed by atoms with Crippen molar-refractivity contribution < 1.29 is 13.3 Å². The number of oxazole rings is 1. The average Bonchev–Trinajstić information content (AvgIpc) is 3.94. The maximum Gasteiger partial charge on any atom is 0.227 e. The number of aromatic nitrogens is 1. The molecule has 0 aliphatic rings. The van der Waals surface area contributed by atoms with E-state index in [0.717, 1.165) is 94.3 Å². The molecule has 0 N–H and O–H groups in total. The number of hydrogen-bond acceptors (Lipinski definition) is 5. The van der Waals surface area contributed by atoms with Crippen LogP contribution in [0.5, 0.6) is 0 Å². The van der Waals surface area contributed by atoms with E-state index in [2.05, 4.69) is 132 Å². The minimum atomic E-state index is 0.590. The highest BCUT2D eigenvalue weighted by Gasteiger charge is 2.22. The van der Waals surface area contributed by atoms with Crippen LogP contribution >= 0.6 is 0 Å². The largest absolute Gasteiger partial charge is 0.455 e. The number of benzene rings is 8. The Morgan fingerprint density at radius 2 is 1.04 bits per heavy atom. The van der Waals surface area contributed by atoms with Crippen molar-refractivity contribution in [3.05, 3.63) is 182 Å². The lowest BCUT2D eigenvalue weighted by molar-refractivity contribution is 0.617. The lowest BCUT2D eigenvalue weighted by Crippen LogP contribution is -2.10. The summed E-state index contributed by atoms with van der Waals surface area (Å²) in [5, 5.41) is 4.22. The van der Waals surface area contributed by atoms with Gasteiger partial charge < -0.3 is 18.2 Å². The minimum absolute atomic E-state index is 0.590. The smallest absolute Gasteiger partial charge is 0.227 e. The van der Waals surface area contributed by atoms with E-state index in [0.29, 0.717) is 11.5 Å². The van der Waals surface area contributed by atoms with Crippen LogP contribution in [0.25, 0.3) is 88.7 Å². The van der Waals surface area contributed by atoms with E-state index < -0.39 is 0 Å². The number of anilines is 3. The highest BCUT2D eigenvalue weighted by molar-refractivity contribution is 6.13. The average molecular weight is 695 g/mol. The third-order valence-electron chi connectivity index (χ3n) is 10.3. The lowest BCUT2D eigenvalue weighted by Gasteiger charge is -2.26. The fourth-order valence-corrected chi connectivity index (χ4v) is 7.73. The third kappa shape index (κ3) is 4.90. The molecule has 0 aliphatic heterocycles. The van der Waals surface area contributed by atoms with E-state index >= 15 is 0 Å². The zero-order chi connectivity index (χ0) is 35.6. The Kier molecular flexibility index (Phi) is 6.79. The summed E-state index contributed by atoms with van der Waals surface area (Å²) < 4.78 is 19.4. The van der Waals surface area contributed by atoms with Gasteiger partial charge >= 0.3 is 0 Å². The van der Waals surface area contributed by atoms with E-state index in [1.807, 2.05) is 54.6 Å². The van der Waals surface area contributed by atoms with Crippen molar-refractivity contribution in [2.45, 2.75) is 0 Å². The van der Waals surface area contributed by atoms with Gasteiger partial charge in [0.05, 0.1) is 5.69 Å². The summed E-state index contributed by atoms with van der Waals surface area (Å²) in [5.41, 5.74) is 13.1. The Hall–Kier alpha value is -7.37. The second kappa shape index (κ2) is 12.1. The summed E-state index contributed by atoms with van der Waals surface area (Å²) in [6.45, 7) is 0. The number of furan rings is 2. The van der Waals surface area contributed by atoms with E-state index in [1.54, 1.807) is 0 Å². The number of hydrogen-bond donors (Lipinski definition) is 0. The second-order valence-corrected chi connectivity index (χ2v) is 13.5. The molecule has 0 aliphatic carbocycles. The summed E-state index contributed by atoms with van der Waals surface area (Å²) in [4.78, 5) is 7.13. The van der Waals surface area contributed by atoms with Crippen LogP contribution in [0.3, 0.4) is 0 Å². The third-order valence-corrected chi connectivity index (χ3v) is 10.3. The first-order chi connectivity index (χ1) is 26.7. The SMILES string of the molecule is c1ccc(-c2cccc(N(c3ccc(-c4cccc5c4oc4ccccc45)cc3)c3cccc4c3oc3cc5oc(-c6ccccc6)nc5cc34)c2)cc1.